The van der Waals surface area contributed by atoms with E-state index in [1.54, 1.807) is 0 Å². The molecule has 7 heteroatoms. The number of benzene rings is 2. The van der Waals surface area contributed by atoms with Gasteiger partial charge in [0.05, 0.1) is 18.3 Å². The number of rotatable bonds is 4. The third kappa shape index (κ3) is 4.57. The lowest BCUT2D eigenvalue weighted by Gasteiger charge is -2.26. The second-order valence-corrected chi connectivity index (χ2v) is 7.86. The molecule has 2 aliphatic rings. The summed E-state index contributed by atoms with van der Waals surface area (Å²) in [6, 6.07) is 19.9. The van der Waals surface area contributed by atoms with E-state index < -0.39 is 0 Å². The smallest absolute Gasteiger partial charge is 0.240 e. The van der Waals surface area contributed by atoms with Gasteiger partial charge in [0.1, 0.15) is 11.3 Å². The number of nitrogens with one attached hydrogen (secondary N) is 2. The van der Waals surface area contributed by atoms with E-state index in [1.165, 1.54) is 0 Å². The lowest BCUT2D eigenvalue weighted by atomic mass is 9.99. The van der Waals surface area contributed by atoms with Crippen molar-refractivity contribution in [1.82, 2.24) is 15.5 Å². The van der Waals surface area contributed by atoms with E-state index in [2.05, 4.69) is 32.7 Å². The molecule has 158 valence electrons. The molecule has 3 aromatic rings. The summed E-state index contributed by atoms with van der Waals surface area (Å²) < 4.78 is 6.05. The summed E-state index contributed by atoms with van der Waals surface area (Å²) in [7, 11) is 0. The zero-order valence-corrected chi connectivity index (χ0v) is 17.3. The number of para-hydroxylation sites is 1. The summed E-state index contributed by atoms with van der Waals surface area (Å²) in [6.07, 6.45) is 0.612. The molecule has 2 aromatic carbocycles. The summed E-state index contributed by atoms with van der Waals surface area (Å²) in [4.78, 5) is 24.2. The Morgan fingerprint density at radius 2 is 1.87 bits per heavy atom. The Labute approximate surface area is 180 Å². The number of fused-ring (bicyclic) bond motifs is 1. The number of piperazine rings is 1. The summed E-state index contributed by atoms with van der Waals surface area (Å²) in [5.41, 5.74) is 2.70. The first kappa shape index (κ1) is 19.7. The normalized spacial score (nSPS) is 19.7. The highest BCUT2D eigenvalue weighted by atomic mass is 16.3. The molecule has 0 bridgehead atoms. The van der Waals surface area contributed by atoms with E-state index in [0.29, 0.717) is 24.7 Å². The van der Waals surface area contributed by atoms with E-state index in [4.69, 9.17) is 9.41 Å². The Balaban J connectivity index is 1.41. The van der Waals surface area contributed by atoms with Crippen LogP contribution in [0.5, 0.6) is 0 Å². The molecule has 3 heterocycles. The molecule has 1 amide bonds. The third-order valence-electron chi connectivity index (χ3n) is 5.63. The van der Waals surface area contributed by atoms with Crippen molar-refractivity contribution in [2.75, 3.05) is 32.7 Å². The van der Waals surface area contributed by atoms with E-state index >= 15 is 0 Å². The number of guanidine groups is 1. The fourth-order valence-corrected chi connectivity index (χ4v) is 4.02. The van der Waals surface area contributed by atoms with Gasteiger partial charge in [0, 0.05) is 38.0 Å². The Morgan fingerprint density at radius 3 is 2.68 bits per heavy atom. The lowest BCUT2D eigenvalue weighted by Crippen LogP contribution is -2.48. The molecule has 1 fully saturated rings. The van der Waals surface area contributed by atoms with E-state index in [-0.39, 0.29) is 11.9 Å². The maximum Gasteiger partial charge on any atom is 0.240 e. The fraction of sp³-hybridized carbons (Fsp3) is 0.292. The number of carbonyl (C=O) groups excluding carboxylic acids is 1. The molecule has 2 aliphatic heterocycles. The first-order valence-corrected chi connectivity index (χ1v) is 10.7. The molecule has 0 saturated carbocycles. The van der Waals surface area contributed by atoms with Crippen molar-refractivity contribution >= 4 is 28.5 Å². The Hall–Kier alpha value is -3.29. The number of hydrogen-bond acceptors (Lipinski definition) is 6. The van der Waals surface area contributed by atoms with Crippen molar-refractivity contribution in [3.8, 4) is 0 Å². The van der Waals surface area contributed by atoms with Gasteiger partial charge in [0.2, 0.25) is 11.9 Å². The van der Waals surface area contributed by atoms with Crippen LogP contribution in [0, 0.1) is 0 Å². The number of furan rings is 1. The highest BCUT2D eigenvalue weighted by Gasteiger charge is 2.24. The first-order chi connectivity index (χ1) is 15.2. The summed E-state index contributed by atoms with van der Waals surface area (Å²) in [5, 5.41) is 7.25. The van der Waals surface area contributed by atoms with Crippen molar-refractivity contribution in [1.29, 1.82) is 0 Å². The molecule has 0 spiro atoms. The molecule has 1 saturated heterocycles. The van der Waals surface area contributed by atoms with Gasteiger partial charge in [-0.2, -0.15) is 0 Å². The van der Waals surface area contributed by atoms with Crippen molar-refractivity contribution in [2.24, 2.45) is 9.98 Å². The number of amides is 1. The van der Waals surface area contributed by atoms with Gasteiger partial charge in [0.15, 0.2) is 0 Å². The van der Waals surface area contributed by atoms with Crippen LogP contribution in [0.4, 0.5) is 0 Å². The van der Waals surface area contributed by atoms with Gasteiger partial charge < -0.3 is 9.73 Å². The standard InChI is InChI=1S/C24H25N5O2/c30-23(16-29-12-10-25-11-13-29)28-24-26-19(17-6-2-1-3-7-17)15-20(27-24)22-14-18-8-4-5-9-21(18)31-22/h1-9,14,19,25H,10-13,15-16H2,(H,26,28,30). The van der Waals surface area contributed by atoms with Crippen LogP contribution >= 0.6 is 0 Å². The van der Waals surface area contributed by atoms with Gasteiger partial charge in [-0.1, -0.05) is 48.5 Å². The monoisotopic (exact) mass is 415 g/mol. The molecule has 1 unspecified atom stereocenters. The zero-order valence-electron chi connectivity index (χ0n) is 17.3. The van der Waals surface area contributed by atoms with Gasteiger partial charge in [-0.15, -0.1) is 0 Å². The lowest BCUT2D eigenvalue weighted by molar-refractivity contribution is -0.121. The Bertz CT molecular complexity index is 1100. The molecule has 0 aliphatic carbocycles. The van der Waals surface area contributed by atoms with Gasteiger partial charge in [-0.05, 0) is 17.7 Å². The molecule has 5 rings (SSSR count). The summed E-state index contributed by atoms with van der Waals surface area (Å²) in [6.45, 7) is 3.86. The molecular weight excluding hydrogens is 390 g/mol. The minimum atomic E-state index is -0.128. The third-order valence-corrected chi connectivity index (χ3v) is 5.63. The first-order valence-electron chi connectivity index (χ1n) is 10.7. The number of aliphatic imine (C=N–C) groups is 2. The van der Waals surface area contributed by atoms with Crippen molar-refractivity contribution in [3.05, 3.63) is 72.0 Å². The van der Waals surface area contributed by atoms with Gasteiger partial charge in [0.25, 0.3) is 0 Å². The van der Waals surface area contributed by atoms with Crippen LogP contribution in [0.2, 0.25) is 0 Å². The Kier molecular flexibility index (Phi) is 5.60. The maximum atomic E-state index is 12.7. The largest absolute Gasteiger partial charge is 0.455 e. The van der Waals surface area contributed by atoms with Crippen molar-refractivity contribution < 1.29 is 9.21 Å². The van der Waals surface area contributed by atoms with E-state index in [9.17, 15) is 4.79 Å². The zero-order chi connectivity index (χ0) is 21.0. The van der Waals surface area contributed by atoms with Crippen LogP contribution in [0.3, 0.4) is 0 Å². The number of carbonyl (C=O) groups is 1. The predicted octanol–water partition coefficient (Wildman–Crippen LogP) is 2.74. The van der Waals surface area contributed by atoms with Crippen LogP contribution in [-0.2, 0) is 4.79 Å². The molecule has 31 heavy (non-hydrogen) atoms. The molecule has 1 atom stereocenters. The molecule has 0 radical (unpaired) electrons. The van der Waals surface area contributed by atoms with Crippen LogP contribution in [0.15, 0.2) is 75.1 Å². The number of nitrogens with zero attached hydrogens (tertiary/aromatic N) is 3. The van der Waals surface area contributed by atoms with E-state index in [1.807, 2.05) is 48.5 Å². The van der Waals surface area contributed by atoms with Crippen molar-refractivity contribution in [2.45, 2.75) is 12.5 Å². The SMILES string of the molecule is O=C(CN1CCNCC1)NC1=NC(c2ccccc2)CC(c2cc3ccccc3o2)=N1. The van der Waals surface area contributed by atoms with Crippen LogP contribution < -0.4 is 10.6 Å². The fourth-order valence-electron chi connectivity index (χ4n) is 4.02. The van der Waals surface area contributed by atoms with Gasteiger partial charge >= 0.3 is 0 Å². The average Bonchev–Trinajstić information content (AvgIpc) is 3.24. The molecule has 7 nitrogen and oxygen atoms in total. The summed E-state index contributed by atoms with van der Waals surface area (Å²) in [5.74, 6) is 0.962. The highest BCUT2D eigenvalue weighted by molar-refractivity contribution is 6.11. The molecule has 1 aromatic heterocycles. The minimum Gasteiger partial charge on any atom is -0.455 e. The second-order valence-electron chi connectivity index (χ2n) is 7.86. The predicted molar refractivity (Wildman–Crippen MR) is 121 cm³/mol. The van der Waals surface area contributed by atoms with Crippen LogP contribution in [-0.4, -0.2) is 55.2 Å². The Morgan fingerprint density at radius 1 is 1.10 bits per heavy atom. The molecule has 2 N–H and O–H groups in total. The quantitative estimate of drug-likeness (QED) is 0.687. The van der Waals surface area contributed by atoms with Gasteiger partial charge in [-0.25, -0.2) is 9.98 Å². The second kappa shape index (κ2) is 8.83. The van der Waals surface area contributed by atoms with Crippen molar-refractivity contribution in [3.63, 3.8) is 0 Å². The minimum absolute atomic E-state index is 0.0953. The van der Waals surface area contributed by atoms with Crippen LogP contribution in [0.1, 0.15) is 23.8 Å². The van der Waals surface area contributed by atoms with Crippen LogP contribution in [0.25, 0.3) is 11.0 Å². The highest BCUT2D eigenvalue weighted by Crippen LogP contribution is 2.29. The molecular formula is C24H25N5O2. The van der Waals surface area contributed by atoms with E-state index in [0.717, 1.165) is 48.4 Å². The van der Waals surface area contributed by atoms with Gasteiger partial charge in [-0.3, -0.25) is 15.0 Å². The summed E-state index contributed by atoms with van der Waals surface area (Å²) >= 11 is 0. The maximum absolute atomic E-state index is 12.7. The topological polar surface area (TPSA) is 82.2 Å². The number of hydrogen-bond donors (Lipinski definition) is 2. The average molecular weight is 415 g/mol.